The fourth-order valence-electron chi connectivity index (χ4n) is 3.24. The maximum absolute atomic E-state index is 11.8. The van der Waals surface area contributed by atoms with Crippen molar-refractivity contribution in [3.63, 3.8) is 0 Å². The highest BCUT2D eigenvalue weighted by atomic mass is 16.4. The van der Waals surface area contributed by atoms with E-state index in [4.69, 9.17) is 0 Å². The first-order valence-corrected chi connectivity index (χ1v) is 7.93. The molecule has 0 saturated carbocycles. The molecular weight excluding hydrogens is 306 g/mol. The van der Waals surface area contributed by atoms with Crippen molar-refractivity contribution in [3.8, 4) is 11.3 Å². The molecule has 3 rings (SSSR count). The Kier molecular flexibility index (Phi) is 4.29. The lowest BCUT2D eigenvalue weighted by atomic mass is 10.0. The largest absolute Gasteiger partial charge is 0.478 e. The molecule has 6 nitrogen and oxygen atoms in total. The van der Waals surface area contributed by atoms with Crippen LogP contribution in [0.1, 0.15) is 47.7 Å². The highest BCUT2D eigenvalue weighted by molar-refractivity contribution is 5.95. The van der Waals surface area contributed by atoms with Crippen molar-refractivity contribution in [2.75, 3.05) is 6.54 Å². The number of likely N-dealkylation sites (tertiary alicyclic amines) is 1. The molecule has 1 amide bonds. The number of rotatable bonds is 3. The quantitative estimate of drug-likeness (QED) is 0.938. The number of hydrogen-bond donors (Lipinski definition) is 1. The predicted molar refractivity (Wildman–Crippen MR) is 88.5 cm³/mol. The van der Waals surface area contributed by atoms with Crippen LogP contribution in [0.25, 0.3) is 11.3 Å². The number of nitrogens with zero attached hydrogens (tertiary/aromatic N) is 3. The standard InChI is InChI=1S/C18H19N3O3/c1-11-19-15(13-6-3-4-7-14(13)18(23)24)10-16(20-11)17-8-5-9-21(17)12(2)22/h3-4,6-7,10,17H,5,8-9H2,1-2H3,(H,23,24)/t17-/m0/s1. The van der Waals surface area contributed by atoms with E-state index in [0.29, 0.717) is 17.1 Å². The molecule has 1 aliphatic rings. The number of carbonyl (C=O) groups excluding carboxylic acids is 1. The zero-order chi connectivity index (χ0) is 17.3. The SMILES string of the molecule is CC(=O)N1CCC[C@H]1c1cc(-c2ccccc2C(=O)O)nc(C)n1. The van der Waals surface area contributed by atoms with Crippen LogP contribution in [0.5, 0.6) is 0 Å². The van der Waals surface area contributed by atoms with Gasteiger partial charge in [0.15, 0.2) is 0 Å². The summed E-state index contributed by atoms with van der Waals surface area (Å²) >= 11 is 0. The molecule has 2 heterocycles. The number of benzene rings is 1. The Morgan fingerprint density at radius 3 is 2.71 bits per heavy atom. The Balaban J connectivity index is 2.08. The number of aromatic carboxylic acids is 1. The van der Waals surface area contributed by atoms with Crippen molar-refractivity contribution in [2.24, 2.45) is 0 Å². The van der Waals surface area contributed by atoms with Crippen LogP contribution in [-0.4, -0.2) is 38.4 Å². The van der Waals surface area contributed by atoms with Crippen molar-refractivity contribution in [1.82, 2.24) is 14.9 Å². The first-order chi connectivity index (χ1) is 11.5. The molecular formula is C18H19N3O3. The minimum absolute atomic E-state index is 0.0289. The molecule has 1 fully saturated rings. The van der Waals surface area contributed by atoms with E-state index >= 15 is 0 Å². The molecule has 1 N–H and O–H groups in total. The predicted octanol–water partition coefficient (Wildman–Crippen LogP) is 2.83. The van der Waals surface area contributed by atoms with E-state index in [1.807, 2.05) is 4.90 Å². The molecule has 24 heavy (non-hydrogen) atoms. The number of aryl methyl sites for hydroxylation is 1. The fourth-order valence-corrected chi connectivity index (χ4v) is 3.24. The normalized spacial score (nSPS) is 17.1. The molecule has 1 aromatic carbocycles. The summed E-state index contributed by atoms with van der Waals surface area (Å²) in [5, 5.41) is 9.40. The Bertz CT molecular complexity index is 804. The van der Waals surface area contributed by atoms with E-state index < -0.39 is 5.97 Å². The molecule has 1 atom stereocenters. The number of carboxylic acids is 1. The molecule has 0 unspecified atom stereocenters. The third-order valence-electron chi connectivity index (χ3n) is 4.29. The number of aromatic nitrogens is 2. The van der Waals surface area contributed by atoms with E-state index in [2.05, 4.69) is 9.97 Å². The van der Waals surface area contributed by atoms with Crippen molar-refractivity contribution in [3.05, 3.63) is 47.4 Å². The first-order valence-electron chi connectivity index (χ1n) is 7.93. The van der Waals surface area contributed by atoms with Crippen LogP contribution < -0.4 is 0 Å². The fraction of sp³-hybridized carbons (Fsp3) is 0.333. The Labute approximate surface area is 140 Å². The third kappa shape index (κ3) is 2.99. The minimum atomic E-state index is -0.991. The second kappa shape index (κ2) is 6.39. The van der Waals surface area contributed by atoms with E-state index in [9.17, 15) is 14.7 Å². The molecule has 0 spiro atoms. The molecule has 0 bridgehead atoms. The molecule has 6 heteroatoms. The van der Waals surface area contributed by atoms with Gasteiger partial charge >= 0.3 is 5.97 Å². The van der Waals surface area contributed by atoms with Gasteiger partial charge in [0, 0.05) is 19.0 Å². The zero-order valence-electron chi connectivity index (χ0n) is 13.7. The number of amides is 1. The van der Waals surface area contributed by atoms with E-state index in [1.165, 1.54) is 0 Å². The minimum Gasteiger partial charge on any atom is -0.478 e. The van der Waals surface area contributed by atoms with Gasteiger partial charge in [0.05, 0.1) is 23.0 Å². The summed E-state index contributed by atoms with van der Waals surface area (Å²) in [5.74, 6) is -0.394. The molecule has 124 valence electrons. The Morgan fingerprint density at radius 2 is 2.00 bits per heavy atom. The summed E-state index contributed by atoms with van der Waals surface area (Å²) in [6, 6.07) is 8.52. The molecule has 0 radical (unpaired) electrons. The van der Waals surface area contributed by atoms with Gasteiger partial charge < -0.3 is 10.0 Å². The van der Waals surface area contributed by atoms with Gasteiger partial charge in [-0.2, -0.15) is 0 Å². The van der Waals surface area contributed by atoms with Gasteiger partial charge in [0.1, 0.15) is 5.82 Å². The summed E-state index contributed by atoms with van der Waals surface area (Å²) < 4.78 is 0. The summed E-state index contributed by atoms with van der Waals surface area (Å²) in [4.78, 5) is 34.0. The van der Waals surface area contributed by atoms with Crippen LogP contribution in [0.15, 0.2) is 30.3 Å². The smallest absolute Gasteiger partial charge is 0.336 e. The first kappa shape index (κ1) is 16.1. The van der Waals surface area contributed by atoms with E-state index in [-0.39, 0.29) is 17.5 Å². The topological polar surface area (TPSA) is 83.4 Å². The monoisotopic (exact) mass is 325 g/mol. The molecule has 1 aromatic heterocycles. The Hall–Kier alpha value is -2.76. The van der Waals surface area contributed by atoms with Crippen LogP contribution in [0.3, 0.4) is 0 Å². The maximum Gasteiger partial charge on any atom is 0.336 e. The summed E-state index contributed by atoms with van der Waals surface area (Å²) in [7, 11) is 0. The van der Waals surface area contributed by atoms with Gasteiger partial charge in [-0.25, -0.2) is 14.8 Å². The third-order valence-corrected chi connectivity index (χ3v) is 4.29. The summed E-state index contributed by atoms with van der Waals surface area (Å²) in [5.41, 5.74) is 2.11. The number of hydrogen-bond acceptors (Lipinski definition) is 4. The molecule has 1 aliphatic heterocycles. The lowest BCUT2D eigenvalue weighted by molar-refractivity contribution is -0.129. The van der Waals surface area contributed by atoms with Gasteiger partial charge in [0.25, 0.3) is 0 Å². The van der Waals surface area contributed by atoms with Gasteiger partial charge in [-0.05, 0) is 31.9 Å². The zero-order valence-corrected chi connectivity index (χ0v) is 13.7. The lowest BCUT2D eigenvalue weighted by Crippen LogP contribution is -2.28. The molecule has 1 saturated heterocycles. The van der Waals surface area contributed by atoms with Crippen LogP contribution in [0.4, 0.5) is 0 Å². The van der Waals surface area contributed by atoms with Gasteiger partial charge in [0.2, 0.25) is 5.91 Å². The lowest BCUT2D eigenvalue weighted by Gasteiger charge is -2.23. The maximum atomic E-state index is 11.8. The van der Waals surface area contributed by atoms with Crippen molar-refractivity contribution in [2.45, 2.75) is 32.7 Å². The molecule has 0 aliphatic carbocycles. The van der Waals surface area contributed by atoms with E-state index in [1.54, 1.807) is 44.2 Å². The molecule has 2 aromatic rings. The highest BCUT2D eigenvalue weighted by Gasteiger charge is 2.29. The van der Waals surface area contributed by atoms with Gasteiger partial charge in [-0.15, -0.1) is 0 Å². The van der Waals surface area contributed by atoms with E-state index in [0.717, 1.165) is 25.1 Å². The van der Waals surface area contributed by atoms with Crippen molar-refractivity contribution in [1.29, 1.82) is 0 Å². The highest BCUT2D eigenvalue weighted by Crippen LogP contribution is 2.33. The van der Waals surface area contributed by atoms with Gasteiger partial charge in [-0.1, -0.05) is 18.2 Å². The van der Waals surface area contributed by atoms with Crippen molar-refractivity contribution >= 4 is 11.9 Å². The summed E-state index contributed by atoms with van der Waals surface area (Å²) in [6.45, 7) is 4.07. The average Bonchev–Trinajstić information content (AvgIpc) is 3.04. The van der Waals surface area contributed by atoms with Crippen LogP contribution in [0.2, 0.25) is 0 Å². The second-order valence-electron chi connectivity index (χ2n) is 5.95. The second-order valence-corrected chi connectivity index (χ2v) is 5.95. The number of carboxylic acid groups (broad SMARTS) is 1. The van der Waals surface area contributed by atoms with Gasteiger partial charge in [-0.3, -0.25) is 4.79 Å². The number of carbonyl (C=O) groups is 2. The average molecular weight is 325 g/mol. The van der Waals surface area contributed by atoms with Crippen LogP contribution in [0, 0.1) is 6.92 Å². The van der Waals surface area contributed by atoms with Crippen molar-refractivity contribution < 1.29 is 14.7 Å². The van der Waals surface area contributed by atoms with Crippen LogP contribution in [-0.2, 0) is 4.79 Å². The van der Waals surface area contributed by atoms with Crippen LogP contribution >= 0.6 is 0 Å². The summed E-state index contributed by atoms with van der Waals surface area (Å²) in [6.07, 6.45) is 1.80. The Morgan fingerprint density at radius 1 is 1.25 bits per heavy atom.